The summed E-state index contributed by atoms with van der Waals surface area (Å²) in [6.07, 6.45) is 3.52. The molecule has 0 bridgehead atoms. The van der Waals surface area contributed by atoms with Gasteiger partial charge in [0.1, 0.15) is 0 Å². The van der Waals surface area contributed by atoms with Crippen molar-refractivity contribution in [2.24, 2.45) is 11.7 Å². The minimum Gasteiger partial charge on any atom is -0.336 e. The van der Waals surface area contributed by atoms with Crippen LogP contribution in [0.4, 0.5) is 0 Å². The molecule has 1 amide bonds. The van der Waals surface area contributed by atoms with Crippen molar-refractivity contribution in [3.63, 3.8) is 0 Å². The van der Waals surface area contributed by atoms with Crippen molar-refractivity contribution < 1.29 is 4.79 Å². The van der Waals surface area contributed by atoms with E-state index in [-0.39, 0.29) is 11.8 Å². The van der Waals surface area contributed by atoms with Crippen LogP contribution in [0.25, 0.3) is 0 Å². The molecule has 0 spiro atoms. The summed E-state index contributed by atoms with van der Waals surface area (Å²) in [5.41, 5.74) is 7.02. The minimum absolute atomic E-state index is 0.00528. The van der Waals surface area contributed by atoms with E-state index in [2.05, 4.69) is 9.88 Å². The third-order valence-electron chi connectivity index (χ3n) is 3.23. The Morgan fingerprint density at radius 3 is 2.55 bits per heavy atom. The first-order chi connectivity index (χ1) is 9.41. The predicted molar refractivity (Wildman–Crippen MR) is 81.0 cm³/mol. The number of nitrogens with zero attached hydrogens (tertiary/aromatic N) is 3. The first-order valence-corrected chi connectivity index (χ1v) is 6.99. The summed E-state index contributed by atoms with van der Waals surface area (Å²) in [5.74, 6) is 0.143. The molecule has 1 rings (SSSR count). The van der Waals surface area contributed by atoms with E-state index in [1.165, 1.54) is 0 Å². The molecule has 1 heterocycles. The third kappa shape index (κ3) is 5.27. The number of aromatic nitrogens is 1. The smallest absolute Gasteiger partial charge is 0.240 e. The van der Waals surface area contributed by atoms with Crippen LogP contribution >= 0.6 is 0 Å². The van der Waals surface area contributed by atoms with Crippen LogP contribution in [-0.4, -0.2) is 53.9 Å². The Hall–Kier alpha value is -1.46. The monoisotopic (exact) mass is 278 g/mol. The van der Waals surface area contributed by atoms with Gasteiger partial charge in [-0.25, -0.2) is 0 Å². The summed E-state index contributed by atoms with van der Waals surface area (Å²) in [6, 6.07) is 3.41. The summed E-state index contributed by atoms with van der Waals surface area (Å²) >= 11 is 0. The normalized spacial score (nSPS) is 12.8. The zero-order chi connectivity index (χ0) is 15.1. The van der Waals surface area contributed by atoms with Crippen LogP contribution in [0.15, 0.2) is 24.5 Å². The first-order valence-electron chi connectivity index (χ1n) is 6.99. The van der Waals surface area contributed by atoms with E-state index in [1.54, 1.807) is 12.4 Å². The van der Waals surface area contributed by atoms with Gasteiger partial charge >= 0.3 is 0 Å². The van der Waals surface area contributed by atoms with Crippen LogP contribution in [0.5, 0.6) is 0 Å². The number of carbonyl (C=O) groups excluding carboxylic acids is 1. The number of pyridine rings is 1. The van der Waals surface area contributed by atoms with E-state index in [0.717, 1.165) is 12.1 Å². The average molecular weight is 278 g/mol. The van der Waals surface area contributed by atoms with E-state index >= 15 is 0 Å². The van der Waals surface area contributed by atoms with Gasteiger partial charge in [-0.2, -0.15) is 0 Å². The molecular weight excluding hydrogens is 252 g/mol. The molecule has 0 fully saturated rings. The zero-order valence-corrected chi connectivity index (χ0v) is 12.9. The Kier molecular flexibility index (Phi) is 6.61. The van der Waals surface area contributed by atoms with Gasteiger partial charge in [0, 0.05) is 32.0 Å². The molecule has 1 atom stereocenters. The number of likely N-dealkylation sites (N-methyl/N-ethyl adjacent to an activating group) is 1. The van der Waals surface area contributed by atoms with Crippen LogP contribution in [0.3, 0.4) is 0 Å². The third-order valence-corrected chi connectivity index (χ3v) is 3.23. The number of carbonyl (C=O) groups is 1. The van der Waals surface area contributed by atoms with E-state index in [1.807, 2.05) is 45.0 Å². The van der Waals surface area contributed by atoms with Crippen LogP contribution in [-0.2, 0) is 11.3 Å². The van der Waals surface area contributed by atoms with Crippen LogP contribution in [0.1, 0.15) is 19.4 Å². The molecule has 5 heteroatoms. The summed E-state index contributed by atoms with van der Waals surface area (Å²) in [5, 5.41) is 0. The molecule has 0 aliphatic rings. The van der Waals surface area contributed by atoms with Crippen molar-refractivity contribution in [2.75, 3.05) is 27.2 Å². The number of hydrogen-bond acceptors (Lipinski definition) is 4. The molecule has 0 saturated heterocycles. The maximum atomic E-state index is 12.5. The lowest BCUT2D eigenvalue weighted by Crippen LogP contribution is -2.48. The molecule has 2 N–H and O–H groups in total. The van der Waals surface area contributed by atoms with Crippen molar-refractivity contribution in [3.8, 4) is 0 Å². The van der Waals surface area contributed by atoms with Gasteiger partial charge in [-0.3, -0.25) is 9.78 Å². The second kappa shape index (κ2) is 7.97. The Labute approximate surface area is 121 Å². The molecule has 0 aliphatic carbocycles. The van der Waals surface area contributed by atoms with Crippen molar-refractivity contribution in [2.45, 2.75) is 26.4 Å². The van der Waals surface area contributed by atoms with Crippen molar-refractivity contribution in [1.29, 1.82) is 0 Å². The average Bonchev–Trinajstić information content (AvgIpc) is 2.42. The summed E-state index contributed by atoms with van der Waals surface area (Å²) in [6.45, 7) is 5.98. The van der Waals surface area contributed by atoms with Gasteiger partial charge in [-0.15, -0.1) is 0 Å². The van der Waals surface area contributed by atoms with E-state index in [9.17, 15) is 4.79 Å². The van der Waals surface area contributed by atoms with Gasteiger partial charge < -0.3 is 15.5 Å². The number of hydrogen-bond donors (Lipinski definition) is 1. The highest BCUT2D eigenvalue weighted by Crippen LogP contribution is 2.08. The topological polar surface area (TPSA) is 62.5 Å². The lowest BCUT2D eigenvalue weighted by atomic mass is 10.0. The highest BCUT2D eigenvalue weighted by molar-refractivity contribution is 5.81. The molecule has 0 unspecified atom stereocenters. The predicted octanol–water partition coefficient (Wildman–Crippen LogP) is 0.955. The number of amides is 1. The maximum absolute atomic E-state index is 12.5. The fourth-order valence-corrected chi connectivity index (χ4v) is 1.80. The molecule has 0 saturated carbocycles. The fraction of sp³-hybridized carbons (Fsp3) is 0.600. The molecule has 1 aromatic heterocycles. The van der Waals surface area contributed by atoms with Gasteiger partial charge in [-0.05, 0) is 31.6 Å². The van der Waals surface area contributed by atoms with Crippen LogP contribution < -0.4 is 5.73 Å². The minimum atomic E-state index is -0.450. The molecule has 112 valence electrons. The van der Waals surface area contributed by atoms with Crippen molar-refractivity contribution in [3.05, 3.63) is 30.1 Å². The summed E-state index contributed by atoms with van der Waals surface area (Å²) < 4.78 is 0. The largest absolute Gasteiger partial charge is 0.336 e. The highest BCUT2D eigenvalue weighted by atomic mass is 16.2. The van der Waals surface area contributed by atoms with E-state index in [4.69, 9.17) is 5.73 Å². The SMILES string of the molecule is CC(C)[C@H](N)C(=O)N(CCN(C)C)Cc1cccnc1. The molecule has 1 aromatic rings. The first kappa shape index (κ1) is 16.6. The molecule has 0 aliphatic heterocycles. The molecule has 20 heavy (non-hydrogen) atoms. The van der Waals surface area contributed by atoms with Gasteiger partial charge in [0.15, 0.2) is 0 Å². The molecular formula is C15H26N4O. The van der Waals surface area contributed by atoms with Gasteiger partial charge in [0.2, 0.25) is 5.91 Å². The van der Waals surface area contributed by atoms with Crippen LogP contribution in [0, 0.1) is 5.92 Å². The second-order valence-electron chi connectivity index (χ2n) is 5.69. The maximum Gasteiger partial charge on any atom is 0.240 e. The van der Waals surface area contributed by atoms with Gasteiger partial charge in [-0.1, -0.05) is 19.9 Å². The Morgan fingerprint density at radius 2 is 2.05 bits per heavy atom. The molecule has 0 radical (unpaired) electrons. The lowest BCUT2D eigenvalue weighted by Gasteiger charge is -2.28. The Morgan fingerprint density at radius 1 is 1.35 bits per heavy atom. The van der Waals surface area contributed by atoms with Gasteiger partial charge in [0.05, 0.1) is 6.04 Å². The van der Waals surface area contributed by atoms with Crippen LogP contribution in [0.2, 0.25) is 0 Å². The fourth-order valence-electron chi connectivity index (χ4n) is 1.80. The highest BCUT2D eigenvalue weighted by Gasteiger charge is 2.23. The van der Waals surface area contributed by atoms with Crippen molar-refractivity contribution >= 4 is 5.91 Å². The molecule has 0 aromatic carbocycles. The number of rotatable bonds is 7. The Balaban J connectivity index is 2.76. The lowest BCUT2D eigenvalue weighted by molar-refractivity contribution is -0.134. The zero-order valence-electron chi connectivity index (χ0n) is 12.9. The molecule has 5 nitrogen and oxygen atoms in total. The van der Waals surface area contributed by atoms with E-state index < -0.39 is 6.04 Å². The van der Waals surface area contributed by atoms with E-state index in [0.29, 0.717) is 13.1 Å². The quantitative estimate of drug-likeness (QED) is 0.807. The second-order valence-corrected chi connectivity index (χ2v) is 5.69. The Bertz CT molecular complexity index is 406. The standard InChI is InChI=1S/C15H26N4O/c1-12(2)14(16)15(20)19(9-8-18(3)4)11-13-6-5-7-17-10-13/h5-7,10,12,14H,8-9,11,16H2,1-4H3/t14-/m0/s1. The summed E-state index contributed by atoms with van der Waals surface area (Å²) in [7, 11) is 3.99. The van der Waals surface area contributed by atoms with Gasteiger partial charge in [0.25, 0.3) is 0 Å². The summed E-state index contributed by atoms with van der Waals surface area (Å²) in [4.78, 5) is 20.4. The van der Waals surface area contributed by atoms with Crippen molar-refractivity contribution in [1.82, 2.24) is 14.8 Å². The number of nitrogens with two attached hydrogens (primary N) is 1.